The first-order valence-electron chi connectivity index (χ1n) is 12.8. The number of aliphatic carboxylic acids is 2. The van der Waals surface area contributed by atoms with E-state index in [0.29, 0.717) is 6.04 Å². The number of fused-ring (bicyclic) bond motifs is 1. The summed E-state index contributed by atoms with van der Waals surface area (Å²) in [4.78, 5) is 24.8. The van der Waals surface area contributed by atoms with Gasteiger partial charge in [-0.2, -0.15) is 26.3 Å². The van der Waals surface area contributed by atoms with E-state index >= 15 is 0 Å². The summed E-state index contributed by atoms with van der Waals surface area (Å²) in [6.45, 7) is 8.84. The number of carbonyl (C=O) groups is 2. The minimum atomic E-state index is -5.08. The highest BCUT2D eigenvalue weighted by atomic mass is 19.4. The SMILES string of the molecule is CC(C)CN1CCC2(CC1)CC(NCc1ccccn1)c1ccccc1O2.O=C(O)C(F)(F)F.O=C(O)C(F)(F)F. The van der Waals surface area contributed by atoms with E-state index in [9.17, 15) is 26.3 Å². The average Bonchev–Trinajstić information content (AvgIpc) is 2.89. The van der Waals surface area contributed by atoms with Gasteiger partial charge in [-0.05, 0) is 37.0 Å². The largest absolute Gasteiger partial charge is 0.490 e. The zero-order valence-corrected chi connectivity index (χ0v) is 22.5. The highest BCUT2D eigenvalue weighted by Crippen LogP contribution is 2.44. The molecular formula is C27H33F6N3O5. The molecule has 228 valence electrons. The molecule has 1 spiro atoms. The molecule has 1 saturated heterocycles. The Kier molecular flexibility index (Phi) is 11.9. The monoisotopic (exact) mass is 593 g/mol. The van der Waals surface area contributed by atoms with Gasteiger partial charge < -0.3 is 25.2 Å². The number of ether oxygens (including phenoxy) is 1. The third kappa shape index (κ3) is 11.2. The molecule has 0 amide bonds. The molecule has 0 aliphatic carbocycles. The van der Waals surface area contributed by atoms with Gasteiger partial charge in [0.25, 0.3) is 0 Å². The van der Waals surface area contributed by atoms with E-state index in [0.717, 1.165) is 56.3 Å². The van der Waals surface area contributed by atoms with Crippen molar-refractivity contribution in [1.29, 1.82) is 0 Å². The van der Waals surface area contributed by atoms with Crippen molar-refractivity contribution < 1.29 is 50.9 Å². The Morgan fingerprint density at radius 1 is 1.00 bits per heavy atom. The second-order valence-corrected chi connectivity index (χ2v) is 10.1. The molecule has 1 aromatic carbocycles. The van der Waals surface area contributed by atoms with E-state index in [1.54, 1.807) is 0 Å². The summed E-state index contributed by atoms with van der Waals surface area (Å²) >= 11 is 0. The highest BCUT2D eigenvalue weighted by molar-refractivity contribution is 5.73. The van der Waals surface area contributed by atoms with E-state index in [1.165, 1.54) is 12.1 Å². The summed E-state index contributed by atoms with van der Waals surface area (Å²) in [6, 6.07) is 14.9. The first-order chi connectivity index (χ1) is 19.0. The standard InChI is InChI=1S/C23H31N3O.2C2HF3O2/c1-18(2)17-26-13-10-23(11-14-26)15-21(20-8-3-4-9-22(20)27-23)25-16-19-7-5-6-12-24-19;2*3-2(4,5)1(6)7/h3-9,12,18,21,25H,10-11,13-17H2,1-2H3;2*(H,6,7). The minimum Gasteiger partial charge on any atom is -0.487 e. The van der Waals surface area contributed by atoms with Gasteiger partial charge >= 0.3 is 24.3 Å². The molecule has 8 nitrogen and oxygen atoms in total. The van der Waals surface area contributed by atoms with Gasteiger partial charge in [-0.3, -0.25) is 4.98 Å². The third-order valence-electron chi connectivity index (χ3n) is 6.33. The molecule has 2 aliphatic heterocycles. The van der Waals surface area contributed by atoms with Crippen LogP contribution in [0.4, 0.5) is 26.3 Å². The van der Waals surface area contributed by atoms with E-state index in [2.05, 4.69) is 59.4 Å². The topological polar surface area (TPSA) is 112 Å². The number of hydrogen-bond acceptors (Lipinski definition) is 6. The molecule has 4 rings (SSSR count). The Morgan fingerprint density at radius 2 is 1.54 bits per heavy atom. The van der Waals surface area contributed by atoms with Gasteiger partial charge in [0.05, 0.1) is 5.69 Å². The molecule has 3 N–H and O–H groups in total. The fraction of sp³-hybridized carbons (Fsp3) is 0.519. The normalized spacial score (nSPS) is 18.2. The molecule has 1 aromatic heterocycles. The van der Waals surface area contributed by atoms with Gasteiger partial charge in [0.1, 0.15) is 11.4 Å². The predicted octanol–water partition coefficient (Wildman–Crippen LogP) is 5.45. The van der Waals surface area contributed by atoms with Gasteiger partial charge in [-0.25, -0.2) is 9.59 Å². The Balaban J connectivity index is 0.000000349. The van der Waals surface area contributed by atoms with Crippen LogP contribution in [-0.2, 0) is 16.1 Å². The number of rotatable bonds is 5. The van der Waals surface area contributed by atoms with Crippen molar-refractivity contribution in [3.63, 3.8) is 0 Å². The molecule has 41 heavy (non-hydrogen) atoms. The fourth-order valence-corrected chi connectivity index (χ4v) is 4.50. The molecule has 1 unspecified atom stereocenters. The van der Waals surface area contributed by atoms with Crippen molar-refractivity contribution >= 4 is 11.9 Å². The van der Waals surface area contributed by atoms with Gasteiger partial charge in [-0.15, -0.1) is 0 Å². The molecule has 0 saturated carbocycles. The second kappa shape index (κ2) is 14.5. The average molecular weight is 594 g/mol. The van der Waals surface area contributed by atoms with Crippen LogP contribution in [0.2, 0.25) is 0 Å². The lowest BCUT2D eigenvalue weighted by Gasteiger charge is -2.47. The molecule has 1 atom stereocenters. The van der Waals surface area contributed by atoms with Crippen LogP contribution in [-0.4, -0.2) is 69.6 Å². The number of nitrogens with one attached hydrogen (secondary N) is 1. The number of likely N-dealkylation sites (tertiary alicyclic amines) is 1. The molecule has 3 heterocycles. The van der Waals surface area contributed by atoms with Crippen molar-refractivity contribution in [2.75, 3.05) is 19.6 Å². The van der Waals surface area contributed by atoms with Gasteiger partial charge in [-0.1, -0.05) is 38.1 Å². The van der Waals surface area contributed by atoms with Gasteiger partial charge in [0.15, 0.2) is 0 Å². The quantitative estimate of drug-likeness (QED) is 0.393. The minimum absolute atomic E-state index is 0.0381. The molecule has 2 aliphatic rings. The van der Waals surface area contributed by atoms with Crippen LogP contribution in [0.15, 0.2) is 48.7 Å². The number of alkyl halides is 6. The Labute approximate surface area is 233 Å². The van der Waals surface area contributed by atoms with E-state index in [4.69, 9.17) is 24.5 Å². The van der Waals surface area contributed by atoms with E-state index in [-0.39, 0.29) is 5.60 Å². The van der Waals surface area contributed by atoms with E-state index in [1.807, 2.05) is 18.3 Å². The number of piperidine rings is 1. The predicted molar refractivity (Wildman–Crippen MR) is 136 cm³/mol. The van der Waals surface area contributed by atoms with Gasteiger partial charge in [0, 0.05) is 50.4 Å². The van der Waals surface area contributed by atoms with Crippen LogP contribution in [0.3, 0.4) is 0 Å². The lowest BCUT2D eigenvalue weighted by Crippen LogP contribution is -2.52. The van der Waals surface area contributed by atoms with Crippen LogP contribution < -0.4 is 10.1 Å². The number of carboxylic acid groups (broad SMARTS) is 2. The Bertz CT molecular complexity index is 1100. The maximum atomic E-state index is 10.6. The molecule has 0 radical (unpaired) electrons. The molecule has 2 aromatic rings. The second-order valence-electron chi connectivity index (χ2n) is 10.1. The zero-order chi connectivity index (χ0) is 30.8. The van der Waals surface area contributed by atoms with Crippen LogP contribution in [0.25, 0.3) is 0 Å². The van der Waals surface area contributed by atoms with Crippen LogP contribution in [0.1, 0.15) is 50.4 Å². The summed E-state index contributed by atoms with van der Waals surface area (Å²) in [6.07, 6.45) is -5.06. The first-order valence-corrected chi connectivity index (χ1v) is 12.8. The van der Waals surface area contributed by atoms with Crippen molar-refractivity contribution in [3.05, 3.63) is 59.9 Å². The van der Waals surface area contributed by atoms with Crippen molar-refractivity contribution in [2.24, 2.45) is 5.92 Å². The summed E-state index contributed by atoms with van der Waals surface area (Å²) in [7, 11) is 0. The fourth-order valence-electron chi connectivity index (χ4n) is 4.50. The molecule has 0 bridgehead atoms. The van der Waals surface area contributed by atoms with Crippen LogP contribution >= 0.6 is 0 Å². The number of carboxylic acids is 2. The Morgan fingerprint density at radius 3 is 2.02 bits per heavy atom. The first kappa shape index (κ1) is 33.8. The molecular weight excluding hydrogens is 560 g/mol. The zero-order valence-electron chi connectivity index (χ0n) is 22.5. The number of halogens is 6. The van der Waals surface area contributed by atoms with Crippen molar-refractivity contribution in [3.8, 4) is 5.75 Å². The van der Waals surface area contributed by atoms with Gasteiger partial charge in [0.2, 0.25) is 0 Å². The number of pyridine rings is 1. The lowest BCUT2D eigenvalue weighted by molar-refractivity contribution is -0.193. The summed E-state index contributed by atoms with van der Waals surface area (Å²) in [5.74, 6) is -3.74. The number of nitrogens with zero attached hydrogens (tertiary/aromatic N) is 2. The van der Waals surface area contributed by atoms with Crippen molar-refractivity contribution in [2.45, 2.75) is 63.7 Å². The number of benzene rings is 1. The summed E-state index contributed by atoms with van der Waals surface area (Å²) in [5, 5.41) is 18.0. The Hall–Kier alpha value is -3.39. The van der Waals surface area contributed by atoms with E-state index < -0.39 is 24.3 Å². The number of para-hydroxylation sites is 1. The third-order valence-corrected chi connectivity index (χ3v) is 6.33. The highest BCUT2D eigenvalue weighted by Gasteiger charge is 2.43. The number of aromatic nitrogens is 1. The molecule has 14 heteroatoms. The maximum Gasteiger partial charge on any atom is 0.490 e. The molecule has 1 fully saturated rings. The number of hydrogen-bond donors (Lipinski definition) is 3. The van der Waals surface area contributed by atoms with Crippen LogP contribution in [0.5, 0.6) is 5.75 Å². The van der Waals surface area contributed by atoms with Crippen molar-refractivity contribution in [1.82, 2.24) is 15.2 Å². The summed E-state index contributed by atoms with van der Waals surface area (Å²) < 4.78 is 70.1. The lowest BCUT2D eigenvalue weighted by atomic mass is 9.80. The van der Waals surface area contributed by atoms with Crippen LogP contribution in [0, 0.1) is 5.92 Å². The maximum absolute atomic E-state index is 10.6. The smallest absolute Gasteiger partial charge is 0.487 e. The summed E-state index contributed by atoms with van der Waals surface area (Å²) in [5.41, 5.74) is 2.33.